The van der Waals surface area contributed by atoms with Crippen molar-refractivity contribution in [2.45, 2.75) is 51.4 Å². The smallest absolute Gasteiger partial charge is 0.389 e. The molecule has 0 aromatic rings. The average molecular weight is 325 g/mol. The summed E-state index contributed by atoms with van der Waals surface area (Å²) in [5.74, 6) is 0. The predicted molar refractivity (Wildman–Crippen MR) is 77.6 cm³/mol. The molecule has 0 unspecified atom stereocenters. The van der Waals surface area contributed by atoms with Crippen LogP contribution in [0.4, 0.5) is 18.0 Å². The number of aliphatic hydroxyl groups is 1. The van der Waals surface area contributed by atoms with Gasteiger partial charge < -0.3 is 15.3 Å². The third kappa shape index (κ3) is 7.31. The minimum absolute atomic E-state index is 0.118. The molecule has 1 fully saturated rings. The first kappa shape index (κ1) is 19.0. The van der Waals surface area contributed by atoms with Crippen molar-refractivity contribution in [3.8, 4) is 0 Å². The summed E-state index contributed by atoms with van der Waals surface area (Å²) in [5.41, 5.74) is -0.983. The lowest BCUT2D eigenvalue weighted by Crippen LogP contribution is -2.52. The molecule has 0 spiro atoms. The van der Waals surface area contributed by atoms with Gasteiger partial charge >= 0.3 is 12.2 Å². The number of nitrogens with zero attached hydrogens (tertiary/aromatic N) is 2. The summed E-state index contributed by atoms with van der Waals surface area (Å²) in [7, 11) is 0. The fourth-order valence-electron chi connectivity index (χ4n) is 2.55. The zero-order valence-corrected chi connectivity index (χ0v) is 13.4. The maximum absolute atomic E-state index is 12.3. The number of carbonyl (C=O) groups is 1. The van der Waals surface area contributed by atoms with Crippen molar-refractivity contribution in [3.63, 3.8) is 0 Å². The van der Waals surface area contributed by atoms with E-state index in [2.05, 4.69) is 5.32 Å². The molecule has 130 valence electrons. The third-order valence-corrected chi connectivity index (χ3v) is 3.56. The molecular weight excluding hydrogens is 299 g/mol. The van der Waals surface area contributed by atoms with Gasteiger partial charge in [-0.1, -0.05) is 0 Å². The molecular formula is C14H26F3N3O2. The van der Waals surface area contributed by atoms with Crippen molar-refractivity contribution in [1.82, 2.24) is 15.1 Å². The number of piperidine rings is 1. The zero-order valence-electron chi connectivity index (χ0n) is 13.4. The van der Waals surface area contributed by atoms with E-state index in [9.17, 15) is 23.1 Å². The van der Waals surface area contributed by atoms with Crippen LogP contribution in [0.5, 0.6) is 0 Å². The van der Waals surface area contributed by atoms with Gasteiger partial charge in [-0.15, -0.1) is 0 Å². The van der Waals surface area contributed by atoms with E-state index in [0.717, 1.165) is 0 Å². The molecule has 22 heavy (non-hydrogen) atoms. The number of urea groups is 1. The second-order valence-electron chi connectivity index (χ2n) is 6.44. The van der Waals surface area contributed by atoms with Gasteiger partial charge in [-0.3, -0.25) is 4.90 Å². The van der Waals surface area contributed by atoms with E-state index in [1.165, 1.54) is 9.80 Å². The van der Waals surface area contributed by atoms with Crippen molar-refractivity contribution in [1.29, 1.82) is 0 Å². The van der Waals surface area contributed by atoms with E-state index in [1.807, 2.05) is 6.92 Å². The van der Waals surface area contributed by atoms with E-state index < -0.39 is 18.3 Å². The lowest BCUT2D eigenvalue weighted by molar-refractivity contribution is -0.148. The summed E-state index contributed by atoms with van der Waals surface area (Å²) in [6, 6.07) is -0.397. The largest absolute Gasteiger partial charge is 0.401 e. The predicted octanol–water partition coefficient (Wildman–Crippen LogP) is 1.82. The summed E-state index contributed by atoms with van der Waals surface area (Å²) >= 11 is 0. The Bertz CT molecular complexity index is 361. The first-order valence-corrected chi connectivity index (χ1v) is 7.57. The molecule has 8 heteroatoms. The first-order chi connectivity index (χ1) is 10.00. The SMILES string of the molecule is CCN(CC(C)(C)O)C(=O)NC1CCN(CC(F)(F)F)CC1. The standard InChI is InChI=1S/C14H26F3N3O2/c1-4-20(9-13(2,3)22)12(21)18-11-5-7-19(8-6-11)10-14(15,16)17/h11,22H,4-10H2,1-3H3,(H,18,21). The number of hydrogen-bond acceptors (Lipinski definition) is 3. The molecule has 0 aliphatic carbocycles. The van der Waals surface area contributed by atoms with E-state index in [0.29, 0.717) is 32.5 Å². The van der Waals surface area contributed by atoms with Crippen molar-refractivity contribution in [3.05, 3.63) is 0 Å². The highest BCUT2D eigenvalue weighted by Crippen LogP contribution is 2.20. The van der Waals surface area contributed by atoms with Gasteiger partial charge in [0.15, 0.2) is 0 Å². The molecule has 0 aromatic carbocycles. The number of amides is 2. The summed E-state index contributed by atoms with van der Waals surface area (Å²) in [6.45, 7) is 5.48. The lowest BCUT2D eigenvalue weighted by atomic mass is 10.1. The summed E-state index contributed by atoms with van der Waals surface area (Å²) in [5, 5.41) is 12.6. The molecule has 2 N–H and O–H groups in total. The van der Waals surface area contributed by atoms with Gasteiger partial charge in [0.05, 0.1) is 18.7 Å². The molecule has 0 aromatic heterocycles. The van der Waals surface area contributed by atoms with Crippen LogP contribution in [0, 0.1) is 0 Å². The molecule has 1 aliphatic rings. The van der Waals surface area contributed by atoms with Gasteiger partial charge in [0.25, 0.3) is 0 Å². The van der Waals surface area contributed by atoms with Crippen molar-refractivity contribution in [2.75, 3.05) is 32.7 Å². The number of alkyl halides is 3. The Morgan fingerprint density at radius 3 is 2.27 bits per heavy atom. The molecule has 0 radical (unpaired) electrons. The maximum atomic E-state index is 12.3. The van der Waals surface area contributed by atoms with Gasteiger partial charge in [0.2, 0.25) is 0 Å². The van der Waals surface area contributed by atoms with Crippen LogP contribution in [0.25, 0.3) is 0 Å². The molecule has 2 amide bonds. The molecule has 0 atom stereocenters. The van der Waals surface area contributed by atoms with Gasteiger partial charge in [-0.25, -0.2) is 4.79 Å². The Morgan fingerprint density at radius 1 is 1.32 bits per heavy atom. The number of halogens is 3. The molecule has 0 bridgehead atoms. The minimum Gasteiger partial charge on any atom is -0.389 e. The van der Waals surface area contributed by atoms with Crippen LogP contribution in [0.3, 0.4) is 0 Å². The van der Waals surface area contributed by atoms with Crippen LogP contribution < -0.4 is 5.32 Å². The van der Waals surface area contributed by atoms with Crippen LogP contribution in [0.2, 0.25) is 0 Å². The van der Waals surface area contributed by atoms with Crippen LogP contribution in [-0.4, -0.2) is 71.5 Å². The Balaban J connectivity index is 2.40. The monoisotopic (exact) mass is 325 g/mol. The minimum atomic E-state index is -4.18. The third-order valence-electron chi connectivity index (χ3n) is 3.56. The van der Waals surface area contributed by atoms with Crippen molar-refractivity contribution < 1.29 is 23.1 Å². The number of carbonyl (C=O) groups excluding carboxylic acids is 1. The zero-order chi connectivity index (χ0) is 17.0. The van der Waals surface area contributed by atoms with E-state index >= 15 is 0 Å². The number of nitrogens with one attached hydrogen (secondary N) is 1. The number of likely N-dealkylation sites (tertiary alicyclic amines) is 1. The second kappa shape index (κ2) is 7.50. The average Bonchev–Trinajstić information content (AvgIpc) is 2.35. The highest BCUT2D eigenvalue weighted by molar-refractivity contribution is 5.74. The molecule has 5 nitrogen and oxygen atoms in total. The summed E-state index contributed by atoms with van der Waals surface area (Å²) in [4.78, 5) is 15.0. The van der Waals surface area contributed by atoms with Crippen molar-refractivity contribution in [2.24, 2.45) is 0 Å². The van der Waals surface area contributed by atoms with E-state index in [-0.39, 0.29) is 18.6 Å². The topological polar surface area (TPSA) is 55.8 Å². The number of rotatable bonds is 5. The fourth-order valence-corrected chi connectivity index (χ4v) is 2.55. The molecule has 1 rings (SSSR count). The highest BCUT2D eigenvalue weighted by atomic mass is 19.4. The van der Waals surface area contributed by atoms with Gasteiger partial charge in [-0.2, -0.15) is 13.2 Å². The second-order valence-corrected chi connectivity index (χ2v) is 6.44. The normalized spacial score (nSPS) is 18.3. The molecule has 1 heterocycles. The molecule has 1 aliphatic heterocycles. The molecule has 0 saturated carbocycles. The highest BCUT2D eigenvalue weighted by Gasteiger charge is 2.33. The van der Waals surface area contributed by atoms with Crippen LogP contribution in [-0.2, 0) is 0 Å². The quantitative estimate of drug-likeness (QED) is 0.811. The lowest BCUT2D eigenvalue weighted by Gasteiger charge is -2.34. The Morgan fingerprint density at radius 2 is 1.86 bits per heavy atom. The van der Waals surface area contributed by atoms with E-state index in [4.69, 9.17) is 0 Å². The summed E-state index contributed by atoms with van der Waals surface area (Å²) < 4.78 is 36.9. The first-order valence-electron chi connectivity index (χ1n) is 7.57. The number of hydrogen-bond donors (Lipinski definition) is 2. The Labute approximate surface area is 129 Å². The Hall–Kier alpha value is -1.02. The maximum Gasteiger partial charge on any atom is 0.401 e. The fraction of sp³-hybridized carbons (Fsp3) is 0.929. The van der Waals surface area contributed by atoms with Gasteiger partial charge in [0.1, 0.15) is 0 Å². The van der Waals surface area contributed by atoms with Crippen molar-refractivity contribution >= 4 is 6.03 Å². The van der Waals surface area contributed by atoms with Gasteiger partial charge in [-0.05, 0) is 33.6 Å². The number of likely N-dealkylation sites (N-methyl/N-ethyl adjacent to an activating group) is 1. The summed E-state index contributed by atoms with van der Waals surface area (Å²) in [6.07, 6.45) is -3.18. The van der Waals surface area contributed by atoms with Crippen LogP contribution in [0.1, 0.15) is 33.6 Å². The van der Waals surface area contributed by atoms with Crippen LogP contribution in [0.15, 0.2) is 0 Å². The van der Waals surface area contributed by atoms with Crippen LogP contribution >= 0.6 is 0 Å². The van der Waals surface area contributed by atoms with Gasteiger partial charge in [0, 0.05) is 25.7 Å². The van der Waals surface area contributed by atoms with E-state index in [1.54, 1.807) is 13.8 Å². The Kier molecular flexibility index (Phi) is 6.49. The molecule has 1 saturated heterocycles.